The fourth-order valence-corrected chi connectivity index (χ4v) is 3.55. The van der Waals surface area contributed by atoms with Gasteiger partial charge in [0.05, 0.1) is 0 Å². The molecule has 0 heterocycles. The van der Waals surface area contributed by atoms with Crippen molar-refractivity contribution in [3.05, 3.63) is 54.6 Å². The van der Waals surface area contributed by atoms with Gasteiger partial charge in [0, 0.05) is 30.8 Å². The molecule has 0 aliphatic heterocycles. The number of benzene rings is 1. The number of hydrogen-bond donors (Lipinski definition) is 0. The van der Waals surface area contributed by atoms with Gasteiger partial charge in [0.2, 0.25) is 0 Å². The highest BCUT2D eigenvalue weighted by Gasteiger charge is 2.17. The van der Waals surface area contributed by atoms with E-state index in [9.17, 15) is 4.79 Å². The van der Waals surface area contributed by atoms with Gasteiger partial charge in [-0.05, 0) is 44.2 Å². The van der Waals surface area contributed by atoms with Crippen LogP contribution in [0.25, 0.3) is 0 Å². The maximum atomic E-state index is 12.6. The summed E-state index contributed by atoms with van der Waals surface area (Å²) in [5.41, 5.74) is 1.85. The number of carbonyl (C=O) groups excluding carboxylic acids is 1. The molecule has 0 spiro atoms. The minimum Gasteiger partial charge on any atom is -0.374 e. The van der Waals surface area contributed by atoms with Crippen molar-refractivity contribution in [2.45, 2.75) is 84.5 Å². The molecule has 0 aliphatic rings. The quantitative estimate of drug-likeness (QED) is 0.151. The molecule has 0 aliphatic carbocycles. The molecule has 1 aromatic rings. The number of carbonyl (C=O) groups is 1. The molecular formula is C27H43NO. The van der Waals surface area contributed by atoms with E-state index in [1.807, 2.05) is 25.1 Å². The zero-order valence-electron chi connectivity index (χ0n) is 19.2. The van der Waals surface area contributed by atoms with Gasteiger partial charge in [0.15, 0.2) is 5.78 Å². The van der Waals surface area contributed by atoms with E-state index < -0.39 is 0 Å². The Kier molecular flexibility index (Phi) is 13.9. The van der Waals surface area contributed by atoms with Crippen molar-refractivity contribution in [2.24, 2.45) is 5.92 Å². The molecule has 1 unspecified atom stereocenters. The summed E-state index contributed by atoms with van der Waals surface area (Å²) >= 11 is 0. The molecule has 0 radical (unpaired) electrons. The van der Waals surface area contributed by atoms with Crippen LogP contribution in [0.15, 0.2) is 49.1 Å². The largest absolute Gasteiger partial charge is 0.374 e. The van der Waals surface area contributed by atoms with Gasteiger partial charge in [-0.1, -0.05) is 82.7 Å². The maximum absolute atomic E-state index is 12.6. The second kappa shape index (κ2) is 16.0. The van der Waals surface area contributed by atoms with Crippen molar-refractivity contribution in [2.75, 3.05) is 18.5 Å². The Bertz CT molecular complexity index is 604. The van der Waals surface area contributed by atoms with Gasteiger partial charge >= 0.3 is 0 Å². The number of anilines is 1. The van der Waals surface area contributed by atoms with Crippen LogP contribution in [0.2, 0.25) is 0 Å². The summed E-state index contributed by atoms with van der Waals surface area (Å²) in [6, 6.07) is 7.95. The molecule has 0 N–H and O–H groups in total. The second-order valence-electron chi connectivity index (χ2n) is 8.20. The second-order valence-corrected chi connectivity index (χ2v) is 8.20. The Labute approximate surface area is 180 Å². The lowest BCUT2D eigenvalue weighted by Crippen LogP contribution is -2.22. The molecule has 162 valence electrons. The number of rotatable bonds is 17. The summed E-state index contributed by atoms with van der Waals surface area (Å²) < 4.78 is 0. The number of para-hydroxylation sites is 1. The summed E-state index contributed by atoms with van der Waals surface area (Å²) in [6.07, 6.45) is 20.7. The van der Waals surface area contributed by atoms with Crippen LogP contribution in [-0.4, -0.2) is 19.4 Å². The lowest BCUT2D eigenvalue weighted by molar-refractivity contribution is 0.0954. The third-order valence-electron chi connectivity index (χ3n) is 5.60. The number of allylic oxidation sites excluding steroid dienone is 3. The van der Waals surface area contributed by atoms with Crippen LogP contribution in [0.1, 0.15) is 94.8 Å². The standard InChI is InChI=1S/C27H43NO/c1-5-7-8-9-10-11-12-13-14-15-16-17-20-23-28(4)26-22-19-18-21-25(26)27(29)24(3)6-2/h6,10-11,18-19,21-22,24H,2,5,7-9,12-17,20,23H2,1,3-4H3/b11-10-. The summed E-state index contributed by atoms with van der Waals surface area (Å²) in [5, 5.41) is 0. The lowest BCUT2D eigenvalue weighted by atomic mass is 9.97. The molecule has 2 heteroatoms. The first-order valence-corrected chi connectivity index (χ1v) is 11.7. The normalized spacial score (nSPS) is 12.2. The molecule has 0 fully saturated rings. The van der Waals surface area contributed by atoms with Gasteiger partial charge in [-0.3, -0.25) is 4.79 Å². The molecular weight excluding hydrogens is 354 g/mol. The fourth-order valence-electron chi connectivity index (χ4n) is 3.55. The summed E-state index contributed by atoms with van der Waals surface area (Å²) in [5.74, 6) is 0.0117. The van der Waals surface area contributed by atoms with Crippen molar-refractivity contribution < 1.29 is 4.79 Å². The maximum Gasteiger partial charge on any atom is 0.171 e. The Balaban J connectivity index is 2.20. The van der Waals surface area contributed by atoms with Crippen molar-refractivity contribution in [1.82, 2.24) is 0 Å². The molecule has 0 saturated heterocycles. The van der Waals surface area contributed by atoms with Crippen LogP contribution in [-0.2, 0) is 0 Å². The van der Waals surface area contributed by atoms with Gasteiger partial charge < -0.3 is 4.90 Å². The summed E-state index contributed by atoms with van der Waals surface area (Å²) in [7, 11) is 2.09. The number of hydrogen-bond acceptors (Lipinski definition) is 2. The van der Waals surface area contributed by atoms with Crippen LogP contribution in [0.3, 0.4) is 0 Å². The van der Waals surface area contributed by atoms with Gasteiger partial charge in [-0.15, -0.1) is 6.58 Å². The highest BCUT2D eigenvalue weighted by atomic mass is 16.1. The van der Waals surface area contributed by atoms with Crippen LogP contribution in [0, 0.1) is 5.92 Å². The monoisotopic (exact) mass is 397 g/mol. The third kappa shape index (κ3) is 10.5. The Morgan fingerprint density at radius 1 is 0.966 bits per heavy atom. The minimum atomic E-state index is -0.143. The SMILES string of the molecule is C=CC(C)C(=O)c1ccccc1N(C)CCCCCCCC/C=C\CCCCC. The number of ketones is 1. The average molecular weight is 398 g/mol. The van der Waals surface area contributed by atoms with Crippen molar-refractivity contribution in [1.29, 1.82) is 0 Å². The third-order valence-corrected chi connectivity index (χ3v) is 5.60. The smallest absolute Gasteiger partial charge is 0.171 e. The molecule has 29 heavy (non-hydrogen) atoms. The summed E-state index contributed by atoms with van der Waals surface area (Å²) in [4.78, 5) is 14.8. The van der Waals surface area contributed by atoms with Gasteiger partial charge in [0.1, 0.15) is 0 Å². The summed E-state index contributed by atoms with van der Waals surface area (Å²) in [6.45, 7) is 8.92. The highest BCUT2D eigenvalue weighted by Crippen LogP contribution is 2.23. The first-order valence-electron chi connectivity index (χ1n) is 11.7. The van der Waals surface area contributed by atoms with Crippen LogP contribution < -0.4 is 4.90 Å². The molecule has 1 atom stereocenters. The number of nitrogens with zero attached hydrogens (tertiary/aromatic N) is 1. The van der Waals surface area contributed by atoms with E-state index in [4.69, 9.17) is 0 Å². The fraction of sp³-hybridized carbons (Fsp3) is 0.593. The van der Waals surface area contributed by atoms with Crippen molar-refractivity contribution >= 4 is 11.5 Å². The topological polar surface area (TPSA) is 20.3 Å². The number of unbranched alkanes of at least 4 members (excludes halogenated alkanes) is 9. The molecule has 0 amide bonds. The zero-order chi connectivity index (χ0) is 21.3. The van der Waals surface area contributed by atoms with E-state index in [1.165, 1.54) is 70.6 Å². The minimum absolute atomic E-state index is 0.143. The molecule has 0 bridgehead atoms. The molecule has 1 aromatic carbocycles. The predicted octanol–water partition coefficient (Wildman–Crippen LogP) is 7.99. The van der Waals surface area contributed by atoms with E-state index in [-0.39, 0.29) is 11.7 Å². The van der Waals surface area contributed by atoms with Crippen LogP contribution >= 0.6 is 0 Å². The molecule has 1 rings (SSSR count). The first kappa shape index (κ1) is 25.2. The van der Waals surface area contributed by atoms with E-state index in [0.717, 1.165) is 17.8 Å². The Hall–Kier alpha value is -1.83. The van der Waals surface area contributed by atoms with Gasteiger partial charge in [-0.2, -0.15) is 0 Å². The molecule has 0 aromatic heterocycles. The van der Waals surface area contributed by atoms with E-state index in [1.54, 1.807) is 6.08 Å². The van der Waals surface area contributed by atoms with Gasteiger partial charge in [-0.25, -0.2) is 0 Å². The van der Waals surface area contributed by atoms with Crippen LogP contribution in [0.4, 0.5) is 5.69 Å². The van der Waals surface area contributed by atoms with Gasteiger partial charge in [0.25, 0.3) is 0 Å². The molecule has 2 nitrogen and oxygen atoms in total. The van der Waals surface area contributed by atoms with E-state index in [0.29, 0.717) is 0 Å². The van der Waals surface area contributed by atoms with E-state index in [2.05, 4.69) is 43.7 Å². The Morgan fingerprint density at radius 2 is 1.55 bits per heavy atom. The highest BCUT2D eigenvalue weighted by molar-refractivity contribution is 6.03. The van der Waals surface area contributed by atoms with Crippen molar-refractivity contribution in [3.63, 3.8) is 0 Å². The first-order chi connectivity index (χ1) is 14.1. The molecule has 0 saturated carbocycles. The lowest BCUT2D eigenvalue weighted by Gasteiger charge is -2.22. The van der Waals surface area contributed by atoms with Crippen molar-refractivity contribution in [3.8, 4) is 0 Å². The number of Topliss-reactive ketones (excluding diaryl/α,β-unsaturated/α-hetero) is 1. The van der Waals surface area contributed by atoms with Crippen LogP contribution in [0.5, 0.6) is 0 Å². The van der Waals surface area contributed by atoms with E-state index >= 15 is 0 Å². The zero-order valence-corrected chi connectivity index (χ0v) is 19.2. The average Bonchev–Trinajstić information content (AvgIpc) is 2.75. The predicted molar refractivity (Wildman–Crippen MR) is 129 cm³/mol. The Morgan fingerprint density at radius 3 is 2.21 bits per heavy atom.